The van der Waals surface area contributed by atoms with Gasteiger partial charge < -0.3 is 20.3 Å². The zero-order valence-corrected chi connectivity index (χ0v) is 27.6. The van der Waals surface area contributed by atoms with Gasteiger partial charge in [-0.15, -0.1) is 13.2 Å². The Morgan fingerprint density at radius 2 is 1.70 bits per heavy atom. The van der Waals surface area contributed by atoms with Crippen molar-refractivity contribution in [3.05, 3.63) is 47.1 Å². The highest BCUT2D eigenvalue weighted by Crippen LogP contribution is 2.34. The van der Waals surface area contributed by atoms with Crippen molar-refractivity contribution >= 4 is 46.5 Å². The Kier molecular flexibility index (Phi) is 12.7. The molecule has 2 saturated heterocycles. The molecule has 0 radical (unpaired) electrons. The average molecular weight is 683 g/mol. The van der Waals surface area contributed by atoms with Gasteiger partial charge >= 0.3 is 6.36 Å². The molecule has 1 atom stereocenters. The predicted molar refractivity (Wildman–Crippen MR) is 182 cm³/mol. The van der Waals surface area contributed by atoms with E-state index in [1.165, 1.54) is 23.9 Å². The minimum absolute atomic E-state index is 0. The van der Waals surface area contributed by atoms with E-state index in [0.29, 0.717) is 29.0 Å². The van der Waals surface area contributed by atoms with Gasteiger partial charge in [0.25, 0.3) is 0 Å². The predicted octanol–water partition coefficient (Wildman–Crippen LogP) is 8.03. The fraction of sp³-hybridized carbons (Fsp3) is 0.594. The number of halogens is 4. The van der Waals surface area contributed by atoms with E-state index in [1.54, 1.807) is 18.3 Å². The molecule has 0 spiro atoms. The van der Waals surface area contributed by atoms with Crippen molar-refractivity contribution in [3.8, 4) is 5.75 Å². The lowest BCUT2D eigenvalue weighted by Gasteiger charge is -2.47. The first kappa shape index (κ1) is 36.0. The standard InChI is InChI=1S/C29H36ClF3N8OS.C2H6.CH4/c1-2-22-18-40(28-25(30)15-21(16-34-28)36-27-26(37-43-38-27)35-20-5-6-20)13-14-41(22)23-9-11-39(12-10-23)17-19-3-7-24(8-4-19)42-29(31,32)33;1-2;/h3-4,7-8,15-16,20,22-23H,2,5-6,9-14,17-18H2,1H3,(H,35,37)(H,36,38);1-2H3;1H4. The van der Waals surface area contributed by atoms with Gasteiger partial charge in [0, 0.05) is 44.3 Å². The van der Waals surface area contributed by atoms with Crippen molar-refractivity contribution in [1.82, 2.24) is 23.5 Å². The molecule has 1 saturated carbocycles. The molecule has 3 aromatic rings. The molecule has 4 heterocycles. The van der Waals surface area contributed by atoms with Gasteiger partial charge in [0.1, 0.15) is 11.6 Å². The number of nitrogens with one attached hydrogen (secondary N) is 2. The van der Waals surface area contributed by atoms with Crippen LogP contribution in [0.15, 0.2) is 36.5 Å². The number of likely N-dealkylation sites (tertiary alicyclic amines) is 1. The lowest BCUT2D eigenvalue weighted by Crippen LogP contribution is -2.58. The molecule has 46 heavy (non-hydrogen) atoms. The van der Waals surface area contributed by atoms with Gasteiger partial charge in [0.15, 0.2) is 11.6 Å². The summed E-state index contributed by atoms with van der Waals surface area (Å²) in [7, 11) is 0. The zero-order chi connectivity index (χ0) is 32.0. The number of hydrogen-bond acceptors (Lipinski definition) is 10. The van der Waals surface area contributed by atoms with Crippen LogP contribution in [-0.4, -0.2) is 80.7 Å². The molecule has 9 nitrogen and oxygen atoms in total. The maximum Gasteiger partial charge on any atom is 0.573 e. The summed E-state index contributed by atoms with van der Waals surface area (Å²) < 4.78 is 50.1. The molecule has 0 bridgehead atoms. The second kappa shape index (κ2) is 16.3. The average Bonchev–Trinajstić information content (AvgIpc) is 3.75. The number of benzene rings is 1. The van der Waals surface area contributed by atoms with E-state index >= 15 is 0 Å². The first-order valence-electron chi connectivity index (χ1n) is 15.8. The van der Waals surface area contributed by atoms with Crippen molar-refractivity contribution < 1.29 is 17.9 Å². The van der Waals surface area contributed by atoms with E-state index in [1.807, 2.05) is 19.9 Å². The summed E-state index contributed by atoms with van der Waals surface area (Å²) in [5.41, 5.74) is 1.76. The molecular weight excluding hydrogens is 637 g/mol. The van der Waals surface area contributed by atoms with Gasteiger partial charge in [-0.05, 0) is 69.0 Å². The number of piperidine rings is 1. The van der Waals surface area contributed by atoms with Gasteiger partial charge in [-0.25, -0.2) is 4.98 Å². The topological polar surface area (TPSA) is 81.7 Å². The van der Waals surface area contributed by atoms with Crippen LogP contribution in [0.4, 0.5) is 36.3 Å². The number of nitrogens with zero attached hydrogens (tertiary/aromatic N) is 6. The van der Waals surface area contributed by atoms with Crippen LogP contribution in [0.2, 0.25) is 5.02 Å². The van der Waals surface area contributed by atoms with Crippen molar-refractivity contribution in [1.29, 1.82) is 0 Å². The van der Waals surface area contributed by atoms with Gasteiger partial charge in [-0.2, -0.15) is 8.75 Å². The Morgan fingerprint density at radius 1 is 1.00 bits per heavy atom. The first-order valence-corrected chi connectivity index (χ1v) is 16.9. The molecule has 1 unspecified atom stereocenters. The lowest BCUT2D eigenvalue weighted by atomic mass is 9.98. The van der Waals surface area contributed by atoms with Crippen LogP contribution < -0.4 is 20.3 Å². The molecular formula is C32H46ClF3N8OS. The van der Waals surface area contributed by atoms with E-state index in [9.17, 15) is 13.2 Å². The van der Waals surface area contributed by atoms with Crippen molar-refractivity contribution in [2.24, 2.45) is 0 Å². The number of alkyl halides is 3. The van der Waals surface area contributed by atoms with Gasteiger partial charge in [-0.3, -0.25) is 9.80 Å². The van der Waals surface area contributed by atoms with Crippen molar-refractivity contribution in [2.75, 3.05) is 48.3 Å². The van der Waals surface area contributed by atoms with Crippen LogP contribution in [-0.2, 0) is 6.54 Å². The second-order valence-corrected chi connectivity index (χ2v) is 12.4. The highest BCUT2D eigenvalue weighted by atomic mass is 35.5. The summed E-state index contributed by atoms with van der Waals surface area (Å²) in [5, 5.41) is 7.31. The Bertz CT molecular complexity index is 1370. The van der Waals surface area contributed by atoms with Crippen LogP contribution in [0.5, 0.6) is 5.75 Å². The molecule has 254 valence electrons. The Labute approximate surface area is 279 Å². The molecule has 1 aromatic carbocycles. The van der Waals surface area contributed by atoms with E-state index in [4.69, 9.17) is 16.6 Å². The van der Waals surface area contributed by atoms with Gasteiger partial charge in [0.2, 0.25) is 0 Å². The number of aromatic nitrogens is 3. The number of pyridine rings is 1. The third-order valence-electron chi connectivity index (χ3n) is 8.38. The molecule has 0 amide bonds. The minimum atomic E-state index is -4.67. The third kappa shape index (κ3) is 9.58. The van der Waals surface area contributed by atoms with Crippen LogP contribution in [0.1, 0.15) is 65.9 Å². The number of hydrogen-bond donors (Lipinski definition) is 2. The number of piperazine rings is 1. The summed E-state index contributed by atoms with van der Waals surface area (Å²) in [4.78, 5) is 12.1. The monoisotopic (exact) mass is 682 g/mol. The Balaban J connectivity index is 0.00000157. The molecule has 3 aliphatic rings. The molecule has 1 aliphatic carbocycles. The SMILES string of the molecule is C.CC.CCC1CN(c2ncc(Nc3nsnc3NC3CC3)cc2Cl)CCN1C1CCN(Cc2ccc(OC(F)(F)F)cc2)CC1. The minimum Gasteiger partial charge on any atom is -0.406 e. The molecule has 3 fully saturated rings. The van der Waals surface area contributed by atoms with E-state index in [0.717, 1.165) is 94.3 Å². The number of anilines is 4. The molecule has 6 rings (SSSR count). The van der Waals surface area contributed by atoms with Gasteiger partial charge in [0.05, 0.1) is 28.6 Å². The van der Waals surface area contributed by atoms with Crippen molar-refractivity contribution in [2.45, 2.75) is 91.3 Å². The molecule has 2 aliphatic heterocycles. The quantitative estimate of drug-likeness (QED) is 0.221. The summed E-state index contributed by atoms with van der Waals surface area (Å²) in [6.07, 6.45) is 2.62. The summed E-state index contributed by atoms with van der Waals surface area (Å²) >= 11 is 7.94. The van der Waals surface area contributed by atoms with E-state index in [2.05, 4.69) is 45.7 Å². The van der Waals surface area contributed by atoms with E-state index < -0.39 is 6.36 Å². The maximum atomic E-state index is 12.4. The Hall–Kier alpha value is -2.87. The fourth-order valence-corrected chi connectivity index (χ4v) is 6.79. The highest BCUT2D eigenvalue weighted by molar-refractivity contribution is 6.99. The molecule has 2 aromatic heterocycles. The third-order valence-corrected chi connectivity index (χ3v) is 9.19. The van der Waals surface area contributed by atoms with Crippen molar-refractivity contribution in [3.63, 3.8) is 0 Å². The van der Waals surface area contributed by atoms with Gasteiger partial charge in [-0.1, -0.05) is 51.9 Å². The van der Waals surface area contributed by atoms with Crippen LogP contribution in [0.3, 0.4) is 0 Å². The smallest absolute Gasteiger partial charge is 0.406 e. The maximum absolute atomic E-state index is 12.4. The number of ether oxygens (including phenoxy) is 1. The lowest BCUT2D eigenvalue weighted by molar-refractivity contribution is -0.274. The normalized spacial score (nSPS) is 19.5. The fourth-order valence-electron chi connectivity index (χ4n) is 6.02. The van der Waals surface area contributed by atoms with Crippen LogP contribution in [0, 0.1) is 0 Å². The number of rotatable bonds is 10. The molecule has 14 heteroatoms. The zero-order valence-electron chi connectivity index (χ0n) is 26.0. The second-order valence-electron chi connectivity index (χ2n) is 11.5. The van der Waals surface area contributed by atoms with E-state index in [-0.39, 0.29) is 13.2 Å². The summed E-state index contributed by atoms with van der Waals surface area (Å²) in [5.74, 6) is 2.09. The van der Waals surface area contributed by atoms with Crippen LogP contribution >= 0.6 is 23.3 Å². The molecule has 2 N–H and O–H groups in total. The Morgan fingerprint density at radius 3 is 2.33 bits per heavy atom. The largest absolute Gasteiger partial charge is 0.573 e. The van der Waals surface area contributed by atoms with Crippen LogP contribution in [0.25, 0.3) is 0 Å². The summed E-state index contributed by atoms with van der Waals surface area (Å²) in [6.45, 7) is 11.5. The highest BCUT2D eigenvalue weighted by Gasteiger charge is 2.34. The first-order chi connectivity index (χ1) is 21.7. The summed E-state index contributed by atoms with van der Waals surface area (Å²) in [6, 6.07) is 9.49.